The summed E-state index contributed by atoms with van der Waals surface area (Å²) in [5, 5.41) is 2.70. The zero-order valence-corrected chi connectivity index (χ0v) is 11.5. The highest BCUT2D eigenvalue weighted by atomic mass is 16.5. The van der Waals surface area contributed by atoms with Crippen LogP contribution in [-0.2, 0) is 4.79 Å². The van der Waals surface area contributed by atoms with Gasteiger partial charge in [-0.1, -0.05) is 18.2 Å². The first-order valence-electron chi connectivity index (χ1n) is 6.55. The van der Waals surface area contributed by atoms with Crippen LogP contribution in [0.5, 0.6) is 5.75 Å². The average molecular weight is 282 g/mol. The number of benzene rings is 2. The summed E-state index contributed by atoms with van der Waals surface area (Å²) in [6.45, 7) is -0.0286. The minimum atomic E-state index is -0.192. The molecule has 1 N–H and O–H groups in total. The van der Waals surface area contributed by atoms with Crippen molar-refractivity contribution in [3.8, 4) is 5.75 Å². The lowest BCUT2D eigenvalue weighted by atomic mass is 10.1. The van der Waals surface area contributed by atoms with Crippen molar-refractivity contribution < 1.29 is 14.3 Å². The van der Waals surface area contributed by atoms with E-state index < -0.39 is 0 Å². The Morgan fingerprint density at radius 3 is 2.71 bits per heavy atom. The van der Waals surface area contributed by atoms with Crippen molar-refractivity contribution in [3.05, 3.63) is 54.1 Å². The minimum Gasteiger partial charge on any atom is -0.482 e. The predicted octanol–water partition coefficient (Wildman–Crippen LogP) is 2.29. The van der Waals surface area contributed by atoms with Crippen molar-refractivity contribution in [1.82, 2.24) is 0 Å². The second-order valence-electron chi connectivity index (χ2n) is 4.75. The largest absolute Gasteiger partial charge is 0.482 e. The molecule has 0 bridgehead atoms. The third kappa shape index (κ3) is 2.58. The van der Waals surface area contributed by atoms with E-state index in [2.05, 4.69) is 5.32 Å². The molecule has 2 aromatic carbocycles. The van der Waals surface area contributed by atoms with Crippen LogP contribution in [0.15, 0.2) is 48.5 Å². The van der Waals surface area contributed by atoms with Crippen molar-refractivity contribution in [3.63, 3.8) is 0 Å². The van der Waals surface area contributed by atoms with Crippen LogP contribution in [0, 0.1) is 0 Å². The Bertz CT molecular complexity index is 698. The molecule has 0 aliphatic carbocycles. The molecular weight excluding hydrogens is 268 g/mol. The Hall–Kier alpha value is -2.82. The Kier molecular flexibility index (Phi) is 3.31. The first-order chi connectivity index (χ1) is 10.1. The molecule has 0 atom stereocenters. The Morgan fingerprint density at radius 2 is 1.95 bits per heavy atom. The van der Waals surface area contributed by atoms with E-state index >= 15 is 0 Å². The fourth-order valence-corrected chi connectivity index (χ4v) is 2.17. The summed E-state index contributed by atoms with van der Waals surface area (Å²) >= 11 is 0. The summed E-state index contributed by atoms with van der Waals surface area (Å²) in [5.41, 5.74) is 1.91. The molecule has 2 amide bonds. The number of carbonyl (C=O) groups is 2. The molecule has 1 aliphatic heterocycles. The molecule has 106 valence electrons. The smallest absolute Gasteiger partial charge is 0.262 e. The number of anilines is 2. The van der Waals surface area contributed by atoms with Crippen LogP contribution in [0.2, 0.25) is 0 Å². The van der Waals surface area contributed by atoms with Crippen LogP contribution in [0.1, 0.15) is 10.4 Å². The molecule has 0 aromatic heterocycles. The molecule has 21 heavy (non-hydrogen) atoms. The fourth-order valence-electron chi connectivity index (χ4n) is 2.17. The second-order valence-corrected chi connectivity index (χ2v) is 4.75. The quantitative estimate of drug-likeness (QED) is 0.919. The number of rotatable bonds is 2. The summed E-state index contributed by atoms with van der Waals surface area (Å²) in [7, 11) is 1.72. The van der Waals surface area contributed by atoms with E-state index in [-0.39, 0.29) is 18.4 Å². The molecule has 1 aliphatic rings. The number of nitrogens with one attached hydrogen (secondary N) is 1. The number of fused-ring (bicyclic) bond motifs is 1. The zero-order chi connectivity index (χ0) is 14.8. The Balaban J connectivity index is 1.87. The van der Waals surface area contributed by atoms with Gasteiger partial charge in [-0.2, -0.15) is 0 Å². The van der Waals surface area contributed by atoms with E-state index in [1.54, 1.807) is 30.1 Å². The lowest BCUT2D eigenvalue weighted by Crippen LogP contribution is -2.28. The van der Waals surface area contributed by atoms with Gasteiger partial charge in [0.15, 0.2) is 6.61 Å². The molecule has 5 heteroatoms. The van der Waals surface area contributed by atoms with Crippen LogP contribution in [-0.4, -0.2) is 25.5 Å². The number of hydrogen-bond acceptors (Lipinski definition) is 3. The molecule has 0 saturated heterocycles. The van der Waals surface area contributed by atoms with E-state index in [4.69, 9.17) is 4.74 Å². The highest BCUT2D eigenvalue weighted by Crippen LogP contribution is 2.29. The van der Waals surface area contributed by atoms with E-state index in [1.807, 2.05) is 30.3 Å². The maximum atomic E-state index is 12.5. The summed E-state index contributed by atoms with van der Waals surface area (Å²) < 4.78 is 5.33. The maximum absolute atomic E-state index is 12.5. The van der Waals surface area contributed by atoms with Crippen molar-refractivity contribution in [2.45, 2.75) is 0 Å². The normalized spacial score (nSPS) is 12.9. The van der Waals surface area contributed by atoms with Gasteiger partial charge in [0.2, 0.25) is 0 Å². The van der Waals surface area contributed by atoms with Gasteiger partial charge < -0.3 is 15.0 Å². The maximum Gasteiger partial charge on any atom is 0.262 e. The third-order valence-electron chi connectivity index (χ3n) is 3.31. The predicted molar refractivity (Wildman–Crippen MR) is 79.7 cm³/mol. The molecule has 0 spiro atoms. The molecule has 0 radical (unpaired) electrons. The monoisotopic (exact) mass is 282 g/mol. The highest BCUT2D eigenvalue weighted by Gasteiger charge is 2.19. The van der Waals surface area contributed by atoms with Crippen LogP contribution in [0.3, 0.4) is 0 Å². The van der Waals surface area contributed by atoms with E-state index in [0.717, 1.165) is 5.69 Å². The van der Waals surface area contributed by atoms with Crippen molar-refractivity contribution >= 4 is 23.2 Å². The first kappa shape index (κ1) is 13.2. The standard InChI is InChI=1S/C16H14N2O3/c1-18(12-5-3-2-4-6-12)16(20)11-7-8-13-14(9-11)21-10-15(19)17-13/h2-9H,10H2,1H3,(H,17,19). The summed E-state index contributed by atoms with van der Waals surface area (Å²) in [5.74, 6) is 0.189. The minimum absolute atomic E-state index is 0.0286. The van der Waals surface area contributed by atoms with Gasteiger partial charge in [-0.05, 0) is 30.3 Å². The molecule has 0 fully saturated rings. The summed E-state index contributed by atoms with van der Waals surface area (Å²) in [4.78, 5) is 25.3. The number of carbonyl (C=O) groups excluding carboxylic acids is 2. The van der Waals surface area contributed by atoms with Crippen molar-refractivity contribution in [2.75, 3.05) is 23.9 Å². The van der Waals surface area contributed by atoms with E-state index in [9.17, 15) is 9.59 Å². The van der Waals surface area contributed by atoms with Crippen LogP contribution < -0.4 is 15.0 Å². The van der Waals surface area contributed by atoms with Gasteiger partial charge >= 0.3 is 0 Å². The fraction of sp³-hybridized carbons (Fsp3) is 0.125. The van der Waals surface area contributed by atoms with Crippen LogP contribution >= 0.6 is 0 Å². The number of para-hydroxylation sites is 1. The SMILES string of the molecule is CN(C(=O)c1ccc2c(c1)OCC(=O)N2)c1ccccc1. The Morgan fingerprint density at radius 1 is 1.19 bits per heavy atom. The van der Waals surface area contributed by atoms with Gasteiger partial charge in [0.1, 0.15) is 5.75 Å². The number of amides is 2. The molecular formula is C16H14N2O3. The van der Waals surface area contributed by atoms with Gasteiger partial charge in [-0.3, -0.25) is 9.59 Å². The lowest BCUT2D eigenvalue weighted by Gasteiger charge is -2.21. The van der Waals surface area contributed by atoms with E-state index in [1.165, 1.54) is 0 Å². The molecule has 1 heterocycles. The average Bonchev–Trinajstić information content (AvgIpc) is 2.53. The molecule has 2 aromatic rings. The molecule has 0 unspecified atom stereocenters. The third-order valence-corrected chi connectivity index (χ3v) is 3.31. The van der Waals surface area contributed by atoms with Gasteiger partial charge in [-0.25, -0.2) is 0 Å². The van der Waals surface area contributed by atoms with Crippen LogP contribution in [0.4, 0.5) is 11.4 Å². The van der Waals surface area contributed by atoms with Crippen molar-refractivity contribution in [2.24, 2.45) is 0 Å². The first-order valence-corrected chi connectivity index (χ1v) is 6.55. The lowest BCUT2D eigenvalue weighted by molar-refractivity contribution is -0.118. The highest BCUT2D eigenvalue weighted by molar-refractivity contribution is 6.07. The molecule has 0 saturated carbocycles. The second kappa shape index (κ2) is 5.28. The zero-order valence-electron chi connectivity index (χ0n) is 11.5. The molecule has 5 nitrogen and oxygen atoms in total. The molecule has 3 rings (SSSR count). The van der Waals surface area contributed by atoms with Gasteiger partial charge in [0.25, 0.3) is 11.8 Å². The summed E-state index contributed by atoms with van der Waals surface area (Å²) in [6, 6.07) is 14.4. The van der Waals surface area contributed by atoms with Crippen LogP contribution in [0.25, 0.3) is 0 Å². The van der Waals surface area contributed by atoms with Crippen molar-refractivity contribution in [1.29, 1.82) is 0 Å². The number of nitrogens with zero attached hydrogens (tertiary/aromatic N) is 1. The Labute approximate surface area is 122 Å². The topological polar surface area (TPSA) is 58.6 Å². The van der Waals surface area contributed by atoms with Gasteiger partial charge in [-0.15, -0.1) is 0 Å². The number of ether oxygens (including phenoxy) is 1. The number of hydrogen-bond donors (Lipinski definition) is 1. The van der Waals surface area contributed by atoms with Gasteiger partial charge in [0.05, 0.1) is 5.69 Å². The summed E-state index contributed by atoms with van der Waals surface area (Å²) in [6.07, 6.45) is 0. The van der Waals surface area contributed by atoms with Gasteiger partial charge in [0, 0.05) is 18.3 Å². The van der Waals surface area contributed by atoms with E-state index in [0.29, 0.717) is 17.0 Å².